The Balaban J connectivity index is 1.14. The largest absolute Gasteiger partial charge is 0.450 e. The number of nitrogens with one attached hydrogen (secondary N) is 1. The van der Waals surface area contributed by atoms with E-state index in [0.717, 1.165) is 85.1 Å². The molecule has 1 fully saturated rings. The fourth-order valence-electron chi connectivity index (χ4n) is 5.67. The second kappa shape index (κ2) is 12.0. The SMILES string of the molecule is CCOC(=O)N1CCC(NCCCc2cc(-c3ccc4cn(Cc5ccccc5)nc4c3)c3c(N)ncnn23)CC1. The molecule has 0 aliphatic carbocycles. The highest BCUT2D eigenvalue weighted by Crippen LogP contribution is 2.32. The number of carbonyl (C=O) groups is 1. The monoisotopic (exact) mass is 552 g/mol. The van der Waals surface area contributed by atoms with Crippen molar-refractivity contribution in [1.29, 1.82) is 0 Å². The number of aryl methyl sites for hydroxylation is 1. The molecule has 3 aromatic heterocycles. The smallest absolute Gasteiger partial charge is 0.409 e. The molecule has 4 heterocycles. The second-order valence-corrected chi connectivity index (χ2v) is 10.6. The Morgan fingerprint density at radius 2 is 1.95 bits per heavy atom. The summed E-state index contributed by atoms with van der Waals surface area (Å²) < 4.78 is 9.03. The molecule has 10 heteroatoms. The lowest BCUT2D eigenvalue weighted by molar-refractivity contribution is 0.0951. The van der Waals surface area contributed by atoms with E-state index >= 15 is 0 Å². The molecule has 0 bridgehead atoms. The lowest BCUT2D eigenvalue weighted by atomic mass is 10.0. The average Bonchev–Trinajstić information content (AvgIpc) is 3.57. The molecule has 1 amide bonds. The first kappa shape index (κ1) is 26.8. The van der Waals surface area contributed by atoms with E-state index < -0.39 is 0 Å². The van der Waals surface area contributed by atoms with Gasteiger partial charge in [-0.3, -0.25) is 4.68 Å². The molecule has 0 atom stereocenters. The minimum Gasteiger partial charge on any atom is -0.450 e. The summed E-state index contributed by atoms with van der Waals surface area (Å²) in [6.45, 7) is 5.33. The van der Waals surface area contributed by atoms with E-state index in [-0.39, 0.29) is 6.09 Å². The summed E-state index contributed by atoms with van der Waals surface area (Å²) in [6.07, 6.45) is 7.06. The number of benzene rings is 2. The first-order valence-electron chi connectivity index (χ1n) is 14.4. The Kier molecular flexibility index (Phi) is 7.82. The standard InChI is InChI=1S/C31H36N8O2/c1-2-41-31(40)37-15-12-25(13-16-37)33-14-6-9-26-18-27(29-30(32)34-21-35-39(26)29)23-10-11-24-20-38(36-28(24)17-23)19-22-7-4-3-5-8-22/h3-5,7-8,10-11,17-18,20-21,25,33H,2,6,9,12-16,19H2,1H3,(H2,32,34,35). The van der Waals surface area contributed by atoms with Gasteiger partial charge in [-0.15, -0.1) is 0 Å². The normalized spacial score (nSPS) is 14.2. The highest BCUT2D eigenvalue weighted by molar-refractivity contribution is 5.92. The minimum absolute atomic E-state index is 0.206. The molecule has 5 aromatic rings. The van der Waals surface area contributed by atoms with Crippen molar-refractivity contribution in [3.63, 3.8) is 0 Å². The number of hydrogen-bond donors (Lipinski definition) is 2. The third-order valence-electron chi connectivity index (χ3n) is 7.77. The van der Waals surface area contributed by atoms with Crippen LogP contribution in [0.3, 0.4) is 0 Å². The predicted octanol–water partition coefficient (Wildman–Crippen LogP) is 4.52. The van der Waals surface area contributed by atoms with Gasteiger partial charge in [0.1, 0.15) is 11.8 Å². The highest BCUT2D eigenvalue weighted by atomic mass is 16.6. The van der Waals surface area contributed by atoms with E-state index in [0.29, 0.717) is 18.5 Å². The molecule has 0 radical (unpaired) electrons. The van der Waals surface area contributed by atoms with Gasteiger partial charge in [0.05, 0.1) is 18.7 Å². The number of nitrogens with two attached hydrogens (primary N) is 1. The summed E-state index contributed by atoms with van der Waals surface area (Å²) in [5.74, 6) is 0.461. The van der Waals surface area contributed by atoms with Crippen molar-refractivity contribution >= 4 is 28.3 Å². The maximum atomic E-state index is 11.9. The zero-order chi connectivity index (χ0) is 28.2. The highest BCUT2D eigenvalue weighted by Gasteiger charge is 2.23. The van der Waals surface area contributed by atoms with Crippen LogP contribution in [-0.4, -0.2) is 67.7 Å². The Bertz CT molecular complexity index is 1640. The molecular formula is C31H36N8O2. The molecule has 41 heavy (non-hydrogen) atoms. The number of ether oxygens (including phenoxy) is 1. The third-order valence-corrected chi connectivity index (χ3v) is 7.77. The van der Waals surface area contributed by atoms with Crippen LogP contribution in [0.1, 0.15) is 37.4 Å². The Morgan fingerprint density at radius 1 is 1.12 bits per heavy atom. The van der Waals surface area contributed by atoms with Crippen LogP contribution >= 0.6 is 0 Å². The van der Waals surface area contributed by atoms with Crippen LogP contribution in [0, 0.1) is 0 Å². The van der Waals surface area contributed by atoms with E-state index in [1.54, 1.807) is 4.90 Å². The van der Waals surface area contributed by atoms with Gasteiger partial charge in [-0.2, -0.15) is 10.2 Å². The van der Waals surface area contributed by atoms with E-state index in [4.69, 9.17) is 15.6 Å². The molecular weight excluding hydrogens is 516 g/mol. The number of nitrogen functional groups attached to an aromatic ring is 1. The quantitative estimate of drug-likeness (QED) is 0.258. The number of likely N-dealkylation sites (tertiary alicyclic amines) is 1. The summed E-state index contributed by atoms with van der Waals surface area (Å²) in [4.78, 5) is 18.0. The molecule has 212 valence electrons. The average molecular weight is 553 g/mol. The van der Waals surface area contributed by atoms with Crippen molar-refractivity contribution in [3.8, 4) is 11.1 Å². The summed E-state index contributed by atoms with van der Waals surface area (Å²) in [6, 6.07) is 19.3. The minimum atomic E-state index is -0.206. The van der Waals surface area contributed by atoms with Crippen LogP contribution in [0.15, 0.2) is 67.1 Å². The Morgan fingerprint density at radius 3 is 2.76 bits per heavy atom. The molecule has 0 saturated carbocycles. The van der Waals surface area contributed by atoms with Gasteiger partial charge in [-0.05, 0) is 62.4 Å². The van der Waals surface area contributed by atoms with Crippen LogP contribution in [0.2, 0.25) is 0 Å². The second-order valence-electron chi connectivity index (χ2n) is 10.6. The van der Waals surface area contributed by atoms with Gasteiger partial charge in [-0.1, -0.05) is 42.5 Å². The predicted molar refractivity (Wildman–Crippen MR) is 160 cm³/mol. The first-order valence-corrected chi connectivity index (χ1v) is 14.4. The van der Waals surface area contributed by atoms with Crippen LogP contribution in [0.5, 0.6) is 0 Å². The maximum absolute atomic E-state index is 11.9. The fourth-order valence-corrected chi connectivity index (χ4v) is 5.67. The number of fused-ring (bicyclic) bond motifs is 2. The van der Waals surface area contributed by atoms with Gasteiger partial charge in [0, 0.05) is 42.0 Å². The van der Waals surface area contributed by atoms with E-state index in [9.17, 15) is 4.79 Å². The molecule has 6 rings (SSSR count). The summed E-state index contributed by atoms with van der Waals surface area (Å²) in [5.41, 5.74) is 12.5. The van der Waals surface area contributed by atoms with Gasteiger partial charge in [0.15, 0.2) is 5.82 Å². The lowest BCUT2D eigenvalue weighted by Gasteiger charge is -2.31. The topological polar surface area (TPSA) is 116 Å². The number of hydrogen-bond acceptors (Lipinski definition) is 7. The third kappa shape index (κ3) is 5.88. The molecule has 0 unspecified atom stereocenters. The van der Waals surface area contributed by atoms with Crippen LogP contribution < -0.4 is 11.1 Å². The van der Waals surface area contributed by atoms with Crippen molar-refractivity contribution in [1.82, 2.24) is 34.6 Å². The molecule has 1 saturated heterocycles. The van der Waals surface area contributed by atoms with E-state index in [1.165, 1.54) is 11.9 Å². The van der Waals surface area contributed by atoms with Gasteiger partial charge in [0.25, 0.3) is 0 Å². The van der Waals surface area contributed by atoms with Crippen molar-refractivity contribution in [3.05, 3.63) is 78.4 Å². The Labute approximate surface area is 239 Å². The fraction of sp³-hybridized carbons (Fsp3) is 0.355. The van der Waals surface area contributed by atoms with E-state index in [2.05, 4.69) is 58.0 Å². The number of anilines is 1. The lowest BCUT2D eigenvalue weighted by Crippen LogP contribution is -2.45. The molecule has 0 spiro atoms. The van der Waals surface area contributed by atoms with Crippen LogP contribution in [-0.2, 0) is 17.7 Å². The molecule has 2 aromatic carbocycles. The maximum Gasteiger partial charge on any atom is 0.409 e. The number of aromatic nitrogens is 5. The van der Waals surface area contributed by atoms with Crippen molar-refractivity contribution in [2.75, 3.05) is 32.0 Å². The summed E-state index contributed by atoms with van der Waals surface area (Å²) >= 11 is 0. The first-order chi connectivity index (χ1) is 20.1. The van der Waals surface area contributed by atoms with Crippen molar-refractivity contribution < 1.29 is 9.53 Å². The van der Waals surface area contributed by atoms with Crippen LogP contribution in [0.4, 0.5) is 10.6 Å². The molecule has 3 N–H and O–H groups in total. The van der Waals surface area contributed by atoms with Crippen LogP contribution in [0.25, 0.3) is 27.5 Å². The zero-order valence-corrected chi connectivity index (χ0v) is 23.4. The van der Waals surface area contributed by atoms with Gasteiger partial charge in [0.2, 0.25) is 0 Å². The summed E-state index contributed by atoms with van der Waals surface area (Å²) in [5, 5.41) is 14.1. The summed E-state index contributed by atoms with van der Waals surface area (Å²) in [7, 11) is 0. The van der Waals surface area contributed by atoms with Crippen molar-refractivity contribution in [2.45, 2.75) is 45.2 Å². The van der Waals surface area contributed by atoms with Gasteiger partial charge in [-0.25, -0.2) is 14.3 Å². The number of carbonyl (C=O) groups excluding carboxylic acids is 1. The molecule has 1 aliphatic heterocycles. The molecule has 1 aliphatic rings. The number of amides is 1. The number of piperidine rings is 1. The zero-order valence-electron chi connectivity index (χ0n) is 23.4. The van der Waals surface area contributed by atoms with Gasteiger partial charge < -0.3 is 20.7 Å². The molecule has 10 nitrogen and oxygen atoms in total. The number of nitrogens with zero attached hydrogens (tertiary/aromatic N) is 6. The van der Waals surface area contributed by atoms with Crippen molar-refractivity contribution in [2.24, 2.45) is 0 Å². The Hall–Kier alpha value is -4.44. The van der Waals surface area contributed by atoms with E-state index in [1.807, 2.05) is 34.3 Å². The number of rotatable bonds is 9. The van der Waals surface area contributed by atoms with Gasteiger partial charge >= 0.3 is 6.09 Å².